The van der Waals surface area contributed by atoms with E-state index in [9.17, 15) is 4.79 Å². The Hall–Kier alpha value is -2.67. The zero-order valence-electron chi connectivity index (χ0n) is 18.2. The molecule has 0 spiro atoms. The molecule has 0 amide bonds. The van der Waals surface area contributed by atoms with Crippen LogP contribution in [-0.4, -0.2) is 5.78 Å². The zero-order chi connectivity index (χ0) is 21.4. The Morgan fingerprint density at radius 2 is 1.46 bits per heavy atom. The van der Waals surface area contributed by atoms with Crippen LogP contribution in [0.5, 0.6) is 0 Å². The van der Waals surface area contributed by atoms with Crippen molar-refractivity contribution in [2.24, 2.45) is 5.41 Å². The Bertz CT molecular complexity index is 696. The van der Waals surface area contributed by atoms with E-state index in [0.717, 1.165) is 23.1 Å². The van der Waals surface area contributed by atoms with Crippen molar-refractivity contribution in [1.82, 2.24) is 0 Å². The van der Waals surface area contributed by atoms with E-state index in [4.69, 9.17) is 0 Å². The number of hydrogen-bond donors (Lipinski definition) is 0. The maximum absolute atomic E-state index is 12.8. The van der Waals surface area contributed by atoms with E-state index in [2.05, 4.69) is 26.2 Å². The maximum atomic E-state index is 12.8. The molecule has 0 aliphatic rings. The van der Waals surface area contributed by atoms with Crippen molar-refractivity contribution < 1.29 is 4.79 Å². The first-order chi connectivity index (χ1) is 13.4. The van der Waals surface area contributed by atoms with Crippen molar-refractivity contribution in [2.45, 2.75) is 47.5 Å². The highest BCUT2D eigenvalue weighted by Gasteiger charge is 2.30. The average molecular weight is 377 g/mol. The molecule has 1 nitrogen and oxygen atoms in total. The molecule has 0 aliphatic carbocycles. The molecule has 28 heavy (non-hydrogen) atoms. The Morgan fingerprint density at radius 3 is 1.96 bits per heavy atom. The third kappa shape index (κ3) is 8.81. The quantitative estimate of drug-likeness (QED) is 0.251. The normalized spacial score (nSPS) is 16.0. The number of carbonyl (C=O) groups is 1. The monoisotopic (exact) mass is 376 g/mol. The number of rotatable bonds is 12. The summed E-state index contributed by atoms with van der Waals surface area (Å²) in [6.45, 7) is 18.0. The van der Waals surface area contributed by atoms with Gasteiger partial charge in [-0.3, -0.25) is 4.79 Å². The lowest BCUT2D eigenvalue weighted by atomic mass is 9.76. The summed E-state index contributed by atoms with van der Waals surface area (Å²) < 4.78 is 0. The van der Waals surface area contributed by atoms with Crippen molar-refractivity contribution in [2.75, 3.05) is 0 Å². The summed E-state index contributed by atoms with van der Waals surface area (Å²) in [5, 5.41) is 0. The number of hydrogen-bond acceptors (Lipinski definition) is 1. The van der Waals surface area contributed by atoms with Gasteiger partial charge in [-0.15, -0.1) is 0 Å². The molecule has 0 aromatic carbocycles. The van der Waals surface area contributed by atoms with Crippen LogP contribution in [0.15, 0.2) is 109 Å². The van der Waals surface area contributed by atoms with Gasteiger partial charge in [0.05, 0.1) is 5.41 Å². The van der Waals surface area contributed by atoms with E-state index in [1.807, 2.05) is 88.5 Å². The lowest BCUT2D eigenvalue weighted by molar-refractivity contribution is -0.121. The van der Waals surface area contributed by atoms with Gasteiger partial charge in [0, 0.05) is 0 Å². The predicted molar refractivity (Wildman–Crippen MR) is 126 cm³/mol. The lowest BCUT2D eigenvalue weighted by Crippen LogP contribution is -2.26. The van der Waals surface area contributed by atoms with Gasteiger partial charge in [0.15, 0.2) is 5.78 Å². The number of carbonyl (C=O) groups excluding carboxylic acids is 1. The van der Waals surface area contributed by atoms with Gasteiger partial charge in [-0.1, -0.05) is 99.9 Å². The van der Waals surface area contributed by atoms with Crippen LogP contribution in [0.1, 0.15) is 47.5 Å². The molecule has 0 fully saturated rings. The van der Waals surface area contributed by atoms with Crippen LogP contribution >= 0.6 is 0 Å². The number of allylic oxidation sites excluding steroid dienone is 16. The third-order valence-corrected chi connectivity index (χ3v) is 4.67. The molecule has 0 heterocycles. The van der Waals surface area contributed by atoms with E-state index in [1.165, 1.54) is 0 Å². The summed E-state index contributed by atoms with van der Waals surface area (Å²) in [5.41, 5.74) is 2.39. The van der Waals surface area contributed by atoms with Crippen molar-refractivity contribution in [3.63, 3.8) is 0 Å². The second-order valence-electron chi connectivity index (χ2n) is 6.62. The van der Waals surface area contributed by atoms with Crippen LogP contribution in [0.4, 0.5) is 0 Å². The minimum Gasteiger partial charge on any atom is -0.294 e. The SMILES string of the molecule is C=CC(/C=C/C=C/C(=C)C(C)(CC)C(=O)/C=C/C=C/C(/C=C\C)=C/C)=C\CC. The smallest absolute Gasteiger partial charge is 0.165 e. The van der Waals surface area contributed by atoms with Crippen LogP contribution in [0, 0.1) is 5.41 Å². The summed E-state index contributed by atoms with van der Waals surface area (Å²) in [6, 6.07) is 0. The molecule has 1 unspecified atom stereocenters. The molecular formula is C27H36O. The molecule has 0 radical (unpaired) electrons. The lowest BCUT2D eigenvalue weighted by Gasteiger charge is -2.26. The molecule has 150 valence electrons. The molecule has 1 atom stereocenters. The van der Waals surface area contributed by atoms with Crippen LogP contribution < -0.4 is 0 Å². The molecule has 0 bridgehead atoms. The Balaban J connectivity index is 5.16. The zero-order valence-corrected chi connectivity index (χ0v) is 18.2. The molecule has 0 aromatic heterocycles. The molecule has 0 rings (SSSR count). The van der Waals surface area contributed by atoms with Crippen molar-refractivity contribution in [3.05, 3.63) is 109 Å². The largest absolute Gasteiger partial charge is 0.294 e. The molecule has 0 saturated heterocycles. The fourth-order valence-corrected chi connectivity index (χ4v) is 2.47. The van der Waals surface area contributed by atoms with E-state index < -0.39 is 5.41 Å². The van der Waals surface area contributed by atoms with E-state index in [1.54, 1.807) is 12.2 Å². The highest BCUT2D eigenvalue weighted by molar-refractivity contribution is 5.97. The van der Waals surface area contributed by atoms with Gasteiger partial charge in [-0.2, -0.15) is 0 Å². The summed E-state index contributed by atoms with van der Waals surface area (Å²) in [7, 11) is 0. The van der Waals surface area contributed by atoms with Gasteiger partial charge >= 0.3 is 0 Å². The fourth-order valence-electron chi connectivity index (χ4n) is 2.47. The number of ketones is 1. The molecule has 1 heteroatoms. The van der Waals surface area contributed by atoms with Crippen LogP contribution in [0.25, 0.3) is 0 Å². The second-order valence-corrected chi connectivity index (χ2v) is 6.62. The fraction of sp³-hybridized carbons (Fsp3) is 0.296. The van der Waals surface area contributed by atoms with E-state index >= 15 is 0 Å². The summed E-state index contributed by atoms with van der Waals surface area (Å²) >= 11 is 0. The van der Waals surface area contributed by atoms with Gasteiger partial charge in [-0.05, 0) is 56.4 Å². The van der Waals surface area contributed by atoms with Crippen molar-refractivity contribution in [3.8, 4) is 0 Å². The predicted octanol–water partition coefficient (Wildman–Crippen LogP) is 7.80. The topological polar surface area (TPSA) is 17.1 Å². The molecule has 0 saturated carbocycles. The molecular weight excluding hydrogens is 340 g/mol. The standard InChI is InChI=1S/C27H36O/c1-8-17-24(10-3)20-14-13-19-23(6)27(7,12-5)26(28)22-16-15-21-25(11-4)18-9-2/h9-11,13-22H,3,6,8,12H2,1-2,4-5,7H3/b18-9-,19-13+,20-14+,21-15+,22-16+,24-17+,25-11+. The minimum atomic E-state index is -0.609. The molecule has 0 aromatic rings. The first-order valence-corrected chi connectivity index (χ1v) is 9.94. The highest BCUT2D eigenvalue weighted by Crippen LogP contribution is 2.32. The Labute approximate surface area is 172 Å². The van der Waals surface area contributed by atoms with Gasteiger partial charge in [-0.25, -0.2) is 0 Å². The highest BCUT2D eigenvalue weighted by atomic mass is 16.1. The second kappa shape index (κ2) is 14.4. The minimum absolute atomic E-state index is 0.0593. The molecule has 0 aliphatic heterocycles. The van der Waals surface area contributed by atoms with Gasteiger partial charge in [0.2, 0.25) is 0 Å². The van der Waals surface area contributed by atoms with E-state index in [-0.39, 0.29) is 5.78 Å². The van der Waals surface area contributed by atoms with E-state index in [0.29, 0.717) is 6.42 Å². The van der Waals surface area contributed by atoms with Crippen LogP contribution in [0.3, 0.4) is 0 Å². The average Bonchev–Trinajstić information content (AvgIpc) is 2.71. The summed E-state index contributed by atoms with van der Waals surface area (Å²) in [6.07, 6.45) is 26.7. The summed E-state index contributed by atoms with van der Waals surface area (Å²) in [5.74, 6) is 0.0593. The first-order valence-electron chi connectivity index (χ1n) is 9.94. The van der Waals surface area contributed by atoms with Crippen LogP contribution in [0.2, 0.25) is 0 Å². The van der Waals surface area contributed by atoms with Gasteiger partial charge in [0.1, 0.15) is 0 Å². The maximum Gasteiger partial charge on any atom is 0.165 e. The first kappa shape index (κ1) is 25.3. The van der Waals surface area contributed by atoms with Crippen molar-refractivity contribution in [1.29, 1.82) is 0 Å². The Morgan fingerprint density at radius 1 is 0.893 bits per heavy atom. The van der Waals surface area contributed by atoms with Gasteiger partial charge in [0.25, 0.3) is 0 Å². The van der Waals surface area contributed by atoms with Gasteiger partial charge < -0.3 is 0 Å². The van der Waals surface area contributed by atoms with Crippen LogP contribution in [-0.2, 0) is 4.79 Å². The molecule has 0 N–H and O–H groups in total. The van der Waals surface area contributed by atoms with Crippen molar-refractivity contribution >= 4 is 5.78 Å². The summed E-state index contributed by atoms with van der Waals surface area (Å²) in [4.78, 5) is 12.8. The Kier molecular flexibility index (Phi) is 13.0. The third-order valence-electron chi connectivity index (χ3n) is 4.67.